The van der Waals surface area contributed by atoms with Crippen LogP contribution in [0.2, 0.25) is 0 Å². The smallest absolute Gasteiger partial charge is 0.222 e. The predicted molar refractivity (Wildman–Crippen MR) is 91.6 cm³/mol. The second-order valence-corrected chi connectivity index (χ2v) is 5.90. The maximum atomic E-state index is 12.2. The van der Waals surface area contributed by atoms with E-state index < -0.39 is 0 Å². The Hall–Kier alpha value is -2.01. The molecule has 2 N–H and O–H groups in total. The molecule has 0 saturated heterocycles. The van der Waals surface area contributed by atoms with Crippen molar-refractivity contribution in [2.24, 2.45) is 5.92 Å². The van der Waals surface area contributed by atoms with Crippen LogP contribution >= 0.6 is 0 Å². The summed E-state index contributed by atoms with van der Waals surface area (Å²) in [5.41, 5.74) is 1.00. The van der Waals surface area contributed by atoms with E-state index in [1.54, 1.807) is 7.11 Å². The molecule has 0 unspecified atom stereocenters. The van der Waals surface area contributed by atoms with Gasteiger partial charge < -0.3 is 19.7 Å². The Morgan fingerprint density at radius 2 is 2.17 bits per heavy atom. The van der Waals surface area contributed by atoms with Crippen molar-refractivity contribution in [2.45, 2.75) is 39.3 Å². The first-order valence-electron chi connectivity index (χ1n) is 8.12. The quantitative estimate of drug-likeness (QED) is 0.786. The average molecular weight is 318 g/mol. The molecule has 0 radical (unpaired) electrons. The van der Waals surface area contributed by atoms with E-state index in [4.69, 9.17) is 4.74 Å². The van der Waals surface area contributed by atoms with E-state index >= 15 is 0 Å². The molecular formula is C18H26N2O3. The van der Waals surface area contributed by atoms with E-state index in [-0.39, 0.29) is 24.5 Å². The second-order valence-electron chi connectivity index (χ2n) is 5.90. The molecule has 0 saturated carbocycles. The highest BCUT2D eigenvalue weighted by Crippen LogP contribution is 2.26. The number of para-hydroxylation sites is 1. The van der Waals surface area contributed by atoms with Crippen molar-refractivity contribution in [3.63, 3.8) is 0 Å². The Bertz CT molecular complexity index is 651. The van der Waals surface area contributed by atoms with Crippen LogP contribution in [0.1, 0.15) is 26.7 Å². The van der Waals surface area contributed by atoms with Gasteiger partial charge >= 0.3 is 0 Å². The number of carbonyl (C=O) groups excluding carboxylic acids is 1. The molecule has 2 atom stereocenters. The van der Waals surface area contributed by atoms with Crippen LogP contribution in [0.5, 0.6) is 5.75 Å². The number of carbonyl (C=O) groups is 1. The van der Waals surface area contributed by atoms with Gasteiger partial charge in [-0.25, -0.2) is 0 Å². The number of methoxy groups -OCH3 is 1. The Morgan fingerprint density at radius 3 is 2.83 bits per heavy atom. The highest BCUT2D eigenvalue weighted by Gasteiger charge is 2.17. The molecular weight excluding hydrogens is 292 g/mol. The summed E-state index contributed by atoms with van der Waals surface area (Å²) in [4.78, 5) is 12.2. The number of benzene rings is 1. The summed E-state index contributed by atoms with van der Waals surface area (Å²) in [6.07, 6.45) is 3.26. The van der Waals surface area contributed by atoms with Gasteiger partial charge in [-0.2, -0.15) is 0 Å². The van der Waals surface area contributed by atoms with Crippen LogP contribution in [-0.2, 0) is 11.3 Å². The number of hydrogen-bond acceptors (Lipinski definition) is 3. The summed E-state index contributed by atoms with van der Waals surface area (Å²) < 4.78 is 7.44. The van der Waals surface area contributed by atoms with Crippen molar-refractivity contribution in [1.29, 1.82) is 0 Å². The number of aliphatic hydroxyl groups is 1. The molecule has 1 amide bonds. The maximum Gasteiger partial charge on any atom is 0.222 e. The molecule has 5 nitrogen and oxygen atoms in total. The summed E-state index contributed by atoms with van der Waals surface area (Å²) >= 11 is 0. The number of ether oxygens (including phenoxy) is 1. The monoisotopic (exact) mass is 318 g/mol. The Morgan fingerprint density at radius 1 is 1.39 bits per heavy atom. The number of rotatable bonds is 8. The average Bonchev–Trinajstić information content (AvgIpc) is 3.00. The number of aromatic nitrogens is 1. The van der Waals surface area contributed by atoms with Gasteiger partial charge in [-0.15, -0.1) is 0 Å². The molecule has 126 valence electrons. The molecule has 2 rings (SSSR count). The molecule has 1 aromatic heterocycles. The van der Waals surface area contributed by atoms with Gasteiger partial charge in [0.2, 0.25) is 5.91 Å². The molecule has 0 fully saturated rings. The minimum Gasteiger partial charge on any atom is -0.495 e. The van der Waals surface area contributed by atoms with Crippen molar-refractivity contribution < 1.29 is 14.6 Å². The van der Waals surface area contributed by atoms with Crippen molar-refractivity contribution in [2.75, 3.05) is 13.7 Å². The SMILES string of the molecule is CC[C@@H](C)[C@@H](CO)NC(=O)CCn1ccc2cccc(OC)c21. The minimum absolute atomic E-state index is 0.0268. The van der Waals surface area contributed by atoms with Crippen LogP contribution in [0.3, 0.4) is 0 Å². The lowest BCUT2D eigenvalue weighted by Gasteiger charge is -2.22. The van der Waals surface area contributed by atoms with E-state index in [2.05, 4.69) is 12.2 Å². The molecule has 0 aliphatic rings. The van der Waals surface area contributed by atoms with Gasteiger partial charge in [0.05, 0.1) is 25.3 Å². The minimum atomic E-state index is -0.177. The number of nitrogens with one attached hydrogen (secondary N) is 1. The molecule has 0 aliphatic carbocycles. The molecule has 5 heteroatoms. The lowest BCUT2D eigenvalue weighted by Crippen LogP contribution is -2.42. The Balaban J connectivity index is 2.02. The fraction of sp³-hybridized carbons (Fsp3) is 0.500. The number of aryl methyl sites for hydroxylation is 1. The lowest BCUT2D eigenvalue weighted by atomic mass is 10.00. The van der Waals surface area contributed by atoms with Crippen molar-refractivity contribution in [3.8, 4) is 5.75 Å². The zero-order chi connectivity index (χ0) is 16.8. The largest absolute Gasteiger partial charge is 0.495 e. The summed E-state index contributed by atoms with van der Waals surface area (Å²) in [7, 11) is 1.65. The third-order valence-corrected chi connectivity index (χ3v) is 4.43. The number of amides is 1. The molecule has 0 aliphatic heterocycles. The molecule has 1 heterocycles. The van der Waals surface area contributed by atoms with Crippen molar-refractivity contribution >= 4 is 16.8 Å². The van der Waals surface area contributed by atoms with Crippen LogP contribution in [0.15, 0.2) is 30.5 Å². The predicted octanol–water partition coefficient (Wildman–Crippen LogP) is 2.56. The lowest BCUT2D eigenvalue weighted by molar-refractivity contribution is -0.122. The summed E-state index contributed by atoms with van der Waals surface area (Å²) in [5, 5.41) is 13.4. The van der Waals surface area contributed by atoms with Crippen molar-refractivity contribution in [1.82, 2.24) is 9.88 Å². The molecule has 2 aromatic rings. The van der Waals surface area contributed by atoms with Crippen LogP contribution in [0.25, 0.3) is 10.9 Å². The third kappa shape index (κ3) is 4.05. The fourth-order valence-corrected chi connectivity index (χ4v) is 2.73. The topological polar surface area (TPSA) is 63.5 Å². The fourth-order valence-electron chi connectivity index (χ4n) is 2.73. The van der Waals surface area contributed by atoms with E-state index in [9.17, 15) is 9.90 Å². The normalized spacial score (nSPS) is 13.7. The van der Waals surface area contributed by atoms with Crippen LogP contribution in [0.4, 0.5) is 0 Å². The highest BCUT2D eigenvalue weighted by atomic mass is 16.5. The molecule has 1 aromatic carbocycles. The van der Waals surface area contributed by atoms with Crippen LogP contribution in [0, 0.1) is 5.92 Å². The summed E-state index contributed by atoms with van der Waals surface area (Å²) in [6, 6.07) is 7.74. The zero-order valence-electron chi connectivity index (χ0n) is 14.1. The Kier molecular flexibility index (Phi) is 6.04. The molecule has 23 heavy (non-hydrogen) atoms. The zero-order valence-corrected chi connectivity index (χ0v) is 14.1. The van der Waals surface area contributed by atoms with Gasteiger partial charge in [0, 0.05) is 24.5 Å². The number of hydrogen-bond donors (Lipinski definition) is 2. The highest BCUT2D eigenvalue weighted by molar-refractivity contribution is 5.86. The van der Waals surface area contributed by atoms with E-state index in [0.717, 1.165) is 23.1 Å². The van der Waals surface area contributed by atoms with Crippen LogP contribution < -0.4 is 10.1 Å². The van der Waals surface area contributed by atoms with Gasteiger partial charge in [-0.05, 0) is 18.1 Å². The van der Waals surface area contributed by atoms with Crippen molar-refractivity contribution in [3.05, 3.63) is 30.5 Å². The third-order valence-electron chi connectivity index (χ3n) is 4.43. The maximum absolute atomic E-state index is 12.2. The summed E-state index contributed by atoms with van der Waals surface area (Å²) in [5.74, 6) is 1.03. The van der Waals surface area contributed by atoms with E-state index in [0.29, 0.717) is 13.0 Å². The van der Waals surface area contributed by atoms with Gasteiger partial charge in [0.25, 0.3) is 0 Å². The van der Waals surface area contributed by atoms with E-state index in [1.807, 2.05) is 42.0 Å². The first kappa shape index (κ1) is 17.3. The van der Waals surface area contributed by atoms with Gasteiger partial charge in [-0.3, -0.25) is 4.79 Å². The van der Waals surface area contributed by atoms with Crippen LogP contribution in [-0.4, -0.2) is 35.3 Å². The van der Waals surface area contributed by atoms with Gasteiger partial charge in [-0.1, -0.05) is 32.4 Å². The second kappa shape index (κ2) is 8.02. The number of fused-ring (bicyclic) bond motifs is 1. The first-order chi connectivity index (χ1) is 11.1. The van der Waals surface area contributed by atoms with E-state index in [1.165, 1.54) is 0 Å². The summed E-state index contributed by atoms with van der Waals surface area (Å²) in [6.45, 7) is 4.64. The number of nitrogens with zero attached hydrogens (tertiary/aromatic N) is 1. The first-order valence-corrected chi connectivity index (χ1v) is 8.12. The van der Waals surface area contributed by atoms with Gasteiger partial charge in [0.1, 0.15) is 5.75 Å². The molecule has 0 bridgehead atoms. The molecule has 0 spiro atoms. The standard InChI is InChI=1S/C18H26N2O3/c1-4-13(2)15(12-21)19-17(22)9-11-20-10-8-14-6-5-7-16(23-3)18(14)20/h5-8,10,13,15,21H,4,9,11-12H2,1-3H3,(H,19,22)/t13-,15-/m1/s1. The Labute approximate surface area is 137 Å². The number of aliphatic hydroxyl groups excluding tert-OH is 1. The van der Waals surface area contributed by atoms with Gasteiger partial charge in [0.15, 0.2) is 0 Å².